The summed E-state index contributed by atoms with van der Waals surface area (Å²) in [6, 6.07) is 0. The average molecular weight is 266 g/mol. The van der Waals surface area contributed by atoms with Crippen LogP contribution in [0.1, 0.15) is 79.4 Å². The number of hydrogen-bond acceptors (Lipinski definition) is 3. The Morgan fingerprint density at radius 1 is 1.11 bits per heavy atom. The Morgan fingerprint density at radius 2 is 1.68 bits per heavy atom. The lowest BCUT2D eigenvalue weighted by molar-refractivity contribution is 0.0426. The van der Waals surface area contributed by atoms with E-state index in [1.807, 2.05) is 0 Å². The van der Waals surface area contributed by atoms with Crippen molar-refractivity contribution >= 4 is 0 Å². The van der Waals surface area contributed by atoms with Crippen LogP contribution in [0.25, 0.3) is 0 Å². The molecule has 0 spiro atoms. The van der Waals surface area contributed by atoms with Gasteiger partial charge < -0.3 is 4.52 Å². The first-order valence-corrected chi connectivity index (χ1v) is 7.44. The highest BCUT2D eigenvalue weighted by Gasteiger charge is 2.40. The van der Waals surface area contributed by atoms with Crippen molar-refractivity contribution in [2.24, 2.45) is 16.7 Å². The molecule has 110 valence electrons. The summed E-state index contributed by atoms with van der Waals surface area (Å²) in [6.07, 6.45) is 2.06. The molecule has 1 aromatic heterocycles. The molecule has 0 saturated heterocycles. The molecule has 19 heavy (non-hydrogen) atoms. The maximum Gasteiger partial charge on any atom is 0.229 e. The molecule has 3 nitrogen and oxygen atoms in total. The lowest BCUT2D eigenvalue weighted by atomic mass is 9.60. The molecule has 1 aromatic rings. The summed E-state index contributed by atoms with van der Waals surface area (Å²) < 4.78 is 5.29. The molecule has 1 rings (SSSR count). The van der Waals surface area contributed by atoms with Gasteiger partial charge >= 0.3 is 0 Å². The number of rotatable bonds is 6. The van der Waals surface area contributed by atoms with Gasteiger partial charge in [-0.25, -0.2) is 0 Å². The first kappa shape index (κ1) is 16.2. The Morgan fingerprint density at radius 3 is 2.11 bits per heavy atom. The zero-order chi connectivity index (χ0) is 14.8. The van der Waals surface area contributed by atoms with Gasteiger partial charge in [0, 0.05) is 12.3 Å². The van der Waals surface area contributed by atoms with Crippen molar-refractivity contribution in [3.05, 3.63) is 11.7 Å². The highest BCUT2D eigenvalue weighted by atomic mass is 16.5. The average Bonchev–Trinajstić information content (AvgIpc) is 2.77. The zero-order valence-electron chi connectivity index (χ0n) is 13.9. The minimum absolute atomic E-state index is 0.236. The van der Waals surface area contributed by atoms with E-state index in [2.05, 4.69) is 65.5 Å². The molecule has 0 unspecified atom stereocenters. The molecule has 0 fully saturated rings. The molecular weight excluding hydrogens is 236 g/mol. The second kappa shape index (κ2) is 5.64. The van der Waals surface area contributed by atoms with Crippen molar-refractivity contribution in [1.82, 2.24) is 10.1 Å². The fourth-order valence-corrected chi connectivity index (χ4v) is 2.24. The van der Waals surface area contributed by atoms with E-state index in [0.29, 0.717) is 17.3 Å². The van der Waals surface area contributed by atoms with Gasteiger partial charge in [0.05, 0.1) is 0 Å². The van der Waals surface area contributed by atoms with Crippen LogP contribution in [-0.4, -0.2) is 10.1 Å². The molecule has 0 bridgehead atoms. The molecule has 0 saturated carbocycles. The standard InChI is InChI=1S/C16H30N2O/c1-9-15(5,6)16(7,8)12(4)10-13-17-14(11(2)3)19-18-13/h11-12H,9-10H2,1-8H3/t12-/m0/s1. The van der Waals surface area contributed by atoms with Crippen LogP contribution in [-0.2, 0) is 6.42 Å². The predicted octanol–water partition coefficient (Wildman–Crippen LogP) is 4.83. The smallest absolute Gasteiger partial charge is 0.229 e. The van der Waals surface area contributed by atoms with Gasteiger partial charge in [-0.2, -0.15) is 4.98 Å². The van der Waals surface area contributed by atoms with Crippen molar-refractivity contribution in [2.75, 3.05) is 0 Å². The molecule has 3 heteroatoms. The van der Waals surface area contributed by atoms with Crippen molar-refractivity contribution in [3.8, 4) is 0 Å². The third-order valence-electron chi connectivity index (χ3n) is 5.33. The fourth-order valence-electron chi connectivity index (χ4n) is 2.24. The van der Waals surface area contributed by atoms with Crippen molar-refractivity contribution in [1.29, 1.82) is 0 Å². The monoisotopic (exact) mass is 266 g/mol. The van der Waals surface area contributed by atoms with Gasteiger partial charge in [-0.3, -0.25) is 0 Å². The molecule has 1 atom stereocenters. The summed E-state index contributed by atoms with van der Waals surface area (Å²) in [6.45, 7) is 18.1. The van der Waals surface area contributed by atoms with E-state index in [1.165, 1.54) is 6.42 Å². The minimum Gasteiger partial charge on any atom is -0.339 e. The van der Waals surface area contributed by atoms with Crippen molar-refractivity contribution in [3.63, 3.8) is 0 Å². The zero-order valence-corrected chi connectivity index (χ0v) is 13.9. The van der Waals surface area contributed by atoms with Crippen molar-refractivity contribution in [2.45, 2.75) is 74.1 Å². The quantitative estimate of drug-likeness (QED) is 0.740. The highest BCUT2D eigenvalue weighted by Crippen LogP contribution is 2.47. The summed E-state index contributed by atoms with van der Waals surface area (Å²) in [7, 11) is 0. The number of hydrogen-bond donors (Lipinski definition) is 0. The Hall–Kier alpha value is -0.860. The maximum absolute atomic E-state index is 5.29. The number of aromatic nitrogens is 2. The van der Waals surface area contributed by atoms with Gasteiger partial charge in [0.15, 0.2) is 5.82 Å². The lowest BCUT2D eigenvalue weighted by Crippen LogP contribution is -2.38. The normalized spacial score (nSPS) is 15.0. The summed E-state index contributed by atoms with van der Waals surface area (Å²) in [5.74, 6) is 2.41. The largest absolute Gasteiger partial charge is 0.339 e. The van der Waals surface area contributed by atoms with E-state index >= 15 is 0 Å². The summed E-state index contributed by atoms with van der Waals surface area (Å²) in [4.78, 5) is 4.49. The van der Waals surface area contributed by atoms with Crippen LogP contribution in [0.15, 0.2) is 4.52 Å². The van der Waals surface area contributed by atoms with Gasteiger partial charge in [-0.1, -0.05) is 67.0 Å². The van der Waals surface area contributed by atoms with Crippen LogP contribution in [0.2, 0.25) is 0 Å². The van der Waals surface area contributed by atoms with Gasteiger partial charge in [-0.05, 0) is 16.7 Å². The summed E-state index contributed by atoms with van der Waals surface area (Å²) in [5.41, 5.74) is 0.539. The Balaban J connectivity index is 2.81. The Labute approximate surface area is 118 Å². The molecule has 1 heterocycles. The molecule has 0 aromatic carbocycles. The second-order valence-electron chi connectivity index (χ2n) is 7.27. The van der Waals surface area contributed by atoms with Crippen LogP contribution in [0, 0.1) is 16.7 Å². The third-order valence-corrected chi connectivity index (χ3v) is 5.33. The Bertz CT molecular complexity index is 405. The van der Waals surface area contributed by atoms with Crippen LogP contribution in [0.5, 0.6) is 0 Å². The molecule has 0 N–H and O–H groups in total. The second-order valence-corrected chi connectivity index (χ2v) is 7.27. The molecule has 0 amide bonds. The Kier molecular flexibility index (Phi) is 4.81. The van der Waals surface area contributed by atoms with E-state index in [9.17, 15) is 0 Å². The van der Waals surface area contributed by atoms with Gasteiger partial charge in [0.2, 0.25) is 5.89 Å². The summed E-state index contributed by atoms with van der Waals surface area (Å²) >= 11 is 0. The van der Waals surface area contributed by atoms with Gasteiger partial charge in [0.1, 0.15) is 0 Å². The van der Waals surface area contributed by atoms with Crippen LogP contribution in [0.3, 0.4) is 0 Å². The van der Waals surface area contributed by atoms with E-state index in [0.717, 1.165) is 18.1 Å². The number of nitrogens with zero attached hydrogens (tertiary/aromatic N) is 2. The molecular formula is C16H30N2O. The van der Waals surface area contributed by atoms with Gasteiger partial charge in [-0.15, -0.1) is 0 Å². The van der Waals surface area contributed by atoms with E-state index in [1.54, 1.807) is 0 Å². The molecule has 0 radical (unpaired) electrons. The first-order valence-electron chi connectivity index (χ1n) is 7.44. The van der Waals surface area contributed by atoms with Crippen LogP contribution in [0.4, 0.5) is 0 Å². The highest BCUT2D eigenvalue weighted by molar-refractivity contribution is 4.96. The predicted molar refractivity (Wildman–Crippen MR) is 79.1 cm³/mol. The minimum atomic E-state index is 0.236. The molecule has 0 aliphatic rings. The van der Waals surface area contributed by atoms with Crippen LogP contribution < -0.4 is 0 Å². The molecule has 0 aliphatic carbocycles. The van der Waals surface area contributed by atoms with Gasteiger partial charge in [0.25, 0.3) is 0 Å². The van der Waals surface area contributed by atoms with Crippen molar-refractivity contribution < 1.29 is 4.52 Å². The first-order chi connectivity index (χ1) is 8.61. The maximum atomic E-state index is 5.29. The SMILES string of the molecule is CCC(C)(C)C(C)(C)[C@@H](C)Cc1noc(C(C)C)n1. The fraction of sp³-hybridized carbons (Fsp3) is 0.875. The lowest BCUT2D eigenvalue weighted by Gasteiger charge is -2.45. The van der Waals surface area contributed by atoms with E-state index in [-0.39, 0.29) is 5.41 Å². The summed E-state index contributed by atoms with van der Waals surface area (Å²) in [5, 5.41) is 4.11. The van der Waals surface area contributed by atoms with Crippen LogP contribution >= 0.6 is 0 Å². The third kappa shape index (κ3) is 3.37. The topological polar surface area (TPSA) is 38.9 Å². The van der Waals surface area contributed by atoms with E-state index in [4.69, 9.17) is 4.52 Å². The molecule has 0 aliphatic heterocycles. The van der Waals surface area contributed by atoms with E-state index < -0.39 is 0 Å².